The number of aryl methyl sites for hydroxylation is 1. The molecule has 0 spiro atoms. The van der Waals surface area contributed by atoms with Crippen molar-refractivity contribution in [3.8, 4) is 17.2 Å². The van der Waals surface area contributed by atoms with Crippen molar-refractivity contribution in [3.63, 3.8) is 0 Å². The van der Waals surface area contributed by atoms with Crippen LogP contribution in [-0.4, -0.2) is 32.5 Å². The van der Waals surface area contributed by atoms with Gasteiger partial charge >= 0.3 is 0 Å². The molecule has 4 rings (SSSR count). The van der Waals surface area contributed by atoms with E-state index in [0.29, 0.717) is 34.2 Å². The topological polar surface area (TPSA) is 98.5 Å². The Morgan fingerprint density at radius 3 is 2.41 bits per heavy atom. The number of aromatic nitrogens is 1. The standard InChI is InChI=1S/C26H30N2O5S/c1-18-22(17-34(30,31)24-12-8-7-11-23(24)32-2)28-26(33-18)20-15-13-19(14-16-20)25(29)27-21-9-5-3-4-6-10-21/h7-8,11-16,21H,3-6,9-10,17H2,1-2H3,(H,27,29). The molecule has 8 heteroatoms. The summed E-state index contributed by atoms with van der Waals surface area (Å²) < 4.78 is 36.9. The molecule has 1 amide bonds. The molecule has 1 aliphatic carbocycles. The molecule has 0 atom stereocenters. The number of nitrogens with zero attached hydrogens (tertiary/aromatic N) is 1. The molecular weight excluding hydrogens is 452 g/mol. The van der Waals surface area contributed by atoms with Crippen molar-refractivity contribution in [2.75, 3.05) is 7.11 Å². The lowest BCUT2D eigenvalue weighted by molar-refractivity contribution is 0.0933. The molecule has 180 valence electrons. The molecule has 7 nitrogen and oxygen atoms in total. The first-order valence-electron chi connectivity index (χ1n) is 11.6. The van der Waals surface area contributed by atoms with Gasteiger partial charge in [-0.05, 0) is 56.2 Å². The number of oxazole rings is 1. The van der Waals surface area contributed by atoms with E-state index in [1.807, 2.05) is 0 Å². The van der Waals surface area contributed by atoms with Crippen LogP contribution < -0.4 is 10.1 Å². The van der Waals surface area contributed by atoms with Crippen molar-refractivity contribution < 1.29 is 22.4 Å². The van der Waals surface area contributed by atoms with Gasteiger partial charge in [-0.3, -0.25) is 4.79 Å². The van der Waals surface area contributed by atoms with E-state index in [-0.39, 0.29) is 22.6 Å². The maximum atomic E-state index is 13.0. The molecule has 0 saturated heterocycles. The van der Waals surface area contributed by atoms with E-state index < -0.39 is 9.84 Å². The Morgan fingerprint density at radius 1 is 1.06 bits per heavy atom. The number of rotatable bonds is 7. The van der Waals surface area contributed by atoms with E-state index >= 15 is 0 Å². The second kappa shape index (κ2) is 10.4. The van der Waals surface area contributed by atoms with Gasteiger partial charge in [0.2, 0.25) is 5.89 Å². The van der Waals surface area contributed by atoms with Crippen molar-refractivity contribution in [1.82, 2.24) is 10.3 Å². The summed E-state index contributed by atoms with van der Waals surface area (Å²) in [6.07, 6.45) is 6.84. The number of hydrogen-bond acceptors (Lipinski definition) is 6. The van der Waals surface area contributed by atoms with Crippen LogP contribution in [0.2, 0.25) is 0 Å². The van der Waals surface area contributed by atoms with Crippen molar-refractivity contribution in [1.29, 1.82) is 0 Å². The molecule has 2 aromatic carbocycles. The molecule has 1 heterocycles. The third kappa shape index (κ3) is 5.50. The molecule has 0 bridgehead atoms. The molecule has 34 heavy (non-hydrogen) atoms. The predicted molar refractivity (Wildman–Crippen MR) is 130 cm³/mol. The second-order valence-electron chi connectivity index (χ2n) is 8.67. The summed E-state index contributed by atoms with van der Waals surface area (Å²) >= 11 is 0. The van der Waals surface area contributed by atoms with Crippen LogP contribution >= 0.6 is 0 Å². The van der Waals surface area contributed by atoms with E-state index in [9.17, 15) is 13.2 Å². The molecule has 0 aliphatic heterocycles. The van der Waals surface area contributed by atoms with Crippen LogP contribution in [0.4, 0.5) is 0 Å². The number of benzene rings is 2. The van der Waals surface area contributed by atoms with Gasteiger partial charge in [-0.15, -0.1) is 0 Å². The Balaban J connectivity index is 1.48. The fourth-order valence-electron chi connectivity index (χ4n) is 4.28. The summed E-state index contributed by atoms with van der Waals surface area (Å²) in [6.45, 7) is 1.69. The zero-order valence-electron chi connectivity index (χ0n) is 19.5. The minimum absolute atomic E-state index is 0.0781. The average Bonchev–Trinajstić information content (AvgIpc) is 3.02. The van der Waals surface area contributed by atoms with Gasteiger partial charge in [0.15, 0.2) is 9.84 Å². The van der Waals surface area contributed by atoms with E-state index in [1.165, 1.54) is 26.0 Å². The maximum absolute atomic E-state index is 13.0. The Kier molecular flexibility index (Phi) is 7.36. The Bertz CT molecular complexity index is 1240. The number of nitrogens with one attached hydrogen (secondary N) is 1. The Hall–Kier alpha value is -3.13. The van der Waals surface area contributed by atoms with E-state index in [1.54, 1.807) is 49.4 Å². The summed E-state index contributed by atoms with van der Waals surface area (Å²) in [5, 5.41) is 3.14. The van der Waals surface area contributed by atoms with Crippen LogP contribution in [0.15, 0.2) is 57.8 Å². The first-order chi connectivity index (χ1) is 16.4. The first kappa shape index (κ1) is 24.0. The first-order valence-corrected chi connectivity index (χ1v) is 13.3. The molecular formula is C26H30N2O5S. The van der Waals surface area contributed by atoms with Gasteiger partial charge in [0.05, 0.1) is 12.8 Å². The SMILES string of the molecule is COc1ccccc1S(=O)(=O)Cc1nc(-c2ccc(C(=O)NC3CCCCCC3)cc2)oc1C. The lowest BCUT2D eigenvalue weighted by Crippen LogP contribution is -2.34. The fraction of sp³-hybridized carbons (Fsp3) is 0.385. The highest BCUT2D eigenvalue weighted by molar-refractivity contribution is 7.90. The Labute approximate surface area is 200 Å². The van der Waals surface area contributed by atoms with Crippen LogP contribution in [0.5, 0.6) is 5.75 Å². The minimum Gasteiger partial charge on any atom is -0.495 e. The van der Waals surface area contributed by atoms with E-state index in [4.69, 9.17) is 9.15 Å². The molecule has 1 aromatic heterocycles. The highest BCUT2D eigenvalue weighted by Crippen LogP contribution is 2.29. The summed E-state index contributed by atoms with van der Waals surface area (Å²) in [5.74, 6) is 0.666. The highest BCUT2D eigenvalue weighted by atomic mass is 32.2. The number of carbonyl (C=O) groups excluding carboxylic acids is 1. The smallest absolute Gasteiger partial charge is 0.251 e. The maximum Gasteiger partial charge on any atom is 0.251 e. The van der Waals surface area contributed by atoms with Crippen LogP contribution in [-0.2, 0) is 15.6 Å². The van der Waals surface area contributed by atoms with Crippen LogP contribution in [0.3, 0.4) is 0 Å². The predicted octanol–water partition coefficient (Wildman–Crippen LogP) is 5.09. The van der Waals surface area contributed by atoms with E-state index in [0.717, 1.165) is 25.7 Å². The summed E-state index contributed by atoms with van der Waals surface area (Å²) in [6, 6.07) is 13.8. The third-order valence-electron chi connectivity index (χ3n) is 6.21. The van der Waals surface area contributed by atoms with Crippen molar-refractivity contribution in [3.05, 3.63) is 65.5 Å². The van der Waals surface area contributed by atoms with Crippen LogP contribution in [0.25, 0.3) is 11.5 Å². The molecule has 1 N–H and O–H groups in total. The van der Waals surface area contributed by atoms with Crippen molar-refractivity contribution in [2.45, 2.75) is 62.1 Å². The highest BCUT2D eigenvalue weighted by Gasteiger charge is 2.24. The summed E-state index contributed by atoms with van der Waals surface area (Å²) in [5.41, 5.74) is 1.60. The van der Waals surface area contributed by atoms with Gasteiger partial charge in [0.25, 0.3) is 5.91 Å². The monoisotopic (exact) mass is 482 g/mol. The molecule has 1 saturated carbocycles. The molecule has 1 aliphatic rings. The average molecular weight is 483 g/mol. The molecule has 1 fully saturated rings. The van der Waals surface area contributed by atoms with Gasteiger partial charge in [0, 0.05) is 17.2 Å². The van der Waals surface area contributed by atoms with Crippen LogP contribution in [0.1, 0.15) is 60.3 Å². The van der Waals surface area contributed by atoms with Gasteiger partial charge in [-0.2, -0.15) is 0 Å². The number of hydrogen-bond donors (Lipinski definition) is 1. The van der Waals surface area contributed by atoms with E-state index in [2.05, 4.69) is 10.3 Å². The van der Waals surface area contributed by atoms with Gasteiger partial charge < -0.3 is 14.5 Å². The lowest BCUT2D eigenvalue weighted by atomic mass is 10.1. The van der Waals surface area contributed by atoms with Crippen molar-refractivity contribution >= 4 is 15.7 Å². The number of ether oxygens (including phenoxy) is 1. The number of sulfone groups is 1. The Morgan fingerprint density at radius 2 is 1.74 bits per heavy atom. The van der Waals surface area contributed by atoms with Gasteiger partial charge in [-0.1, -0.05) is 37.8 Å². The fourth-order valence-corrected chi connectivity index (χ4v) is 5.80. The third-order valence-corrected chi connectivity index (χ3v) is 7.87. The normalized spacial score (nSPS) is 15.0. The molecule has 3 aromatic rings. The number of carbonyl (C=O) groups is 1. The number of para-hydroxylation sites is 1. The lowest BCUT2D eigenvalue weighted by Gasteiger charge is -2.16. The zero-order valence-corrected chi connectivity index (χ0v) is 20.4. The molecule has 0 unspecified atom stereocenters. The van der Waals surface area contributed by atoms with Gasteiger partial charge in [0.1, 0.15) is 22.2 Å². The minimum atomic E-state index is -3.68. The quantitative estimate of drug-likeness (QED) is 0.471. The van der Waals surface area contributed by atoms with Crippen molar-refractivity contribution in [2.24, 2.45) is 0 Å². The van der Waals surface area contributed by atoms with Gasteiger partial charge in [-0.25, -0.2) is 13.4 Å². The van der Waals surface area contributed by atoms with Crippen LogP contribution in [0, 0.1) is 6.92 Å². The largest absolute Gasteiger partial charge is 0.495 e. The number of amides is 1. The second-order valence-corrected chi connectivity index (χ2v) is 10.6. The zero-order chi connectivity index (χ0) is 24.1. The number of methoxy groups -OCH3 is 1. The summed E-state index contributed by atoms with van der Waals surface area (Å²) in [4.78, 5) is 17.2. The summed E-state index contributed by atoms with van der Waals surface area (Å²) in [7, 11) is -2.24. The molecule has 0 radical (unpaired) electrons.